The molecule has 7 heteroatoms. The minimum atomic E-state index is -1.50. The molecule has 1 aromatic heterocycles. The summed E-state index contributed by atoms with van der Waals surface area (Å²) in [6, 6.07) is 12.4. The first-order valence-electron chi connectivity index (χ1n) is 7.57. The normalized spacial score (nSPS) is 12.0. The summed E-state index contributed by atoms with van der Waals surface area (Å²) < 4.78 is 27.3. The molecule has 0 bridgehead atoms. The topological polar surface area (TPSA) is 78.0 Å². The molecule has 0 fully saturated rings. The van der Waals surface area contributed by atoms with Crippen molar-refractivity contribution < 1.29 is 18.7 Å². The number of aromatic nitrogens is 2. The number of hydrogen-bond donors (Lipinski definition) is 3. The van der Waals surface area contributed by atoms with Crippen LogP contribution in [0.15, 0.2) is 54.7 Å². The number of aromatic amines is 1. The first-order valence-corrected chi connectivity index (χ1v) is 7.57. The molecule has 3 aromatic rings. The number of aliphatic hydroxyl groups is 1. The highest BCUT2D eigenvalue weighted by Crippen LogP contribution is 2.22. The standard InChI is InChI=1S/C18H15F2N3O2/c19-13-7-4-8-14(20)16(13)15(24)10-21-18(25)12-9-22-23-17(12)11-5-2-1-3-6-11/h1-9,15,24H,10H2,(H,21,25)(H,22,23). The van der Waals surface area contributed by atoms with Gasteiger partial charge in [-0.25, -0.2) is 8.78 Å². The molecule has 3 N–H and O–H groups in total. The summed E-state index contributed by atoms with van der Waals surface area (Å²) in [6.45, 7) is -0.337. The fraction of sp³-hybridized carbons (Fsp3) is 0.111. The van der Waals surface area contributed by atoms with Crippen LogP contribution in [0.25, 0.3) is 11.3 Å². The molecule has 2 aromatic carbocycles. The molecule has 1 unspecified atom stereocenters. The van der Waals surface area contributed by atoms with E-state index in [1.807, 2.05) is 30.3 Å². The molecule has 1 heterocycles. The molecule has 0 radical (unpaired) electrons. The molecule has 5 nitrogen and oxygen atoms in total. The zero-order chi connectivity index (χ0) is 17.8. The van der Waals surface area contributed by atoms with Gasteiger partial charge in [-0.05, 0) is 12.1 Å². The van der Waals surface area contributed by atoms with Crippen molar-refractivity contribution in [2.24, 2.45) is 0 Å². The van der Waals surface area contributed by atoms with Crippen LogP contribution in [-0.2, 0) is 0 Å². The third-order valence-corrected chi connectivity index (χ3v) is 3.74. The Hall–Kier alpha value is -3.06. The van der Waals surface area contributed by atoms with Crippen LogP contribution in [0.5, 0.6) is 0 Å². The van der Waals surface area contributed by atoms with Crippen LogP contribution in [0.4, 0.5) is 8.78 Å². The lowest BCUT2D eigenvalue weighted by Crippen LogP contribution is -2.29. The average Bonchev–Trinajstić information content (AvgIpc) is 3.10. The molecule has 128 valence electrons. The quantitative estimate of drug-likeness (QED) is 0.667. The molecule has 0 aliphatic heterocycles. The van der Waals surface area contributed by atoms with Crippen LogP contribution in [0.1, 0.15) is 22.0 Å². The molecule has 0 aliphatic rings. The Bertz CT molecular complexity index is 861. The lowest BCUT2D eigenvalue weighted by Gasteiger charge is -2.14. The van der Waals surface area contributed by atoms with Crippen molar-refractivity contribution >= 4 is 5.91 Å². The van der Waals surface area contributed by atoms with Gasteiger partial charge in [-0.1, -0.05) is 36.4 Å². The van der Waals surface area contributed by atoms with Crippen molar-refractivity contribution in [3.63, 3.8) is 0 Å². The van der Waals surface area contributed by atoms with Gasteiger partial charge in [-0.3, -0.25) is 9.89 Å². The van der Waals surface area contributed by atoms with Crippen LogP contribution in [-0.4, -0.2) is 27.8 Å². The smallest absolute Gasteiger partial charge is 0.255 e. The van der Waals surface area contributed by atoms with Gasteiger partial charge in [0.1, 0.15) is 17.7 Å². The van der Waals surface area contributed by atoms with Gasteiger partial charge in [0.25, 0.3) is 5.91 Å². The summed E-state index contributed by atoms with van der Waals surface area (Å²) in [7, 11) is 0. The molecule has 0 saturated carbocycles. The molecule has 0 saturated heterocycles. The Morgan fingerprint density at radius 1 is 1.12 bits per heavy atom. The van der Waals surface area contributed by atoms with E-state index in [0.29, 0.717) is 5.69 Å². The number of benzene rings is 2. The summed E-state index contributed by atoms with van der Waals surface area (Å²) in [5.41, 5.74) is 1.08. The van der Waals surface area contributed by atoms with Crippen molar-refractivity contribution in [1.29, 1.82) is 0 Å². The van der Waals surface area contributed by atoms with Gasteiger partial charge in [0, 0.05) is 12.1 Å². The second-order valence-corrected chi connectivity index (χ2v) is 5.39. The molecule has 1 atom stereocenters. The number of H-pyrrole nitrogens is 1. The second kappa shape index (κ2) is 7.23. The summed E-state index contributed by atoms with van der Waals surface area (Å²) in [4.78, 5) is 12.3. The van der Waals surface area contributed by atoms with E-state index in [2.05, 4.69) is 15.5 Å². The van der Waals surface area contributed by atoms with Crippen LogP contribution >= 0.6 is 0 Å². The van der Waals surface area contributed by atoms with Crippen molar-refractivity contribution in [1.82, 2.24) is 15.5 Å². The summed E-state index contributed by atoms with van der Waals surface area (Å²) in [5, 5.41) is 19.1. The first-order chi connectivity index (χ1) is 12.1. The van der Waals surface area contributed by atoms with Gasteiger partial charge < -0.3 is 10.4 Å². The molecule has 0 spiro atoms. The number of nitrogens with zero attached hydrogens (tertiary/aromatic N) is 1. The summed E-state index contributed by atoms with van der Waals surface area (Å²) in [5.74, 6) is -2.24. The summed E-state index contributed by atoms with van der Waals surface area (Å²) >= 11 is 0. The maximum atomic E-state index is 13.7. The number of amides is 1. The maximum Gasteiger partial charge on any atom is 0.255 e. The molecule has 1 amide bonds. The third-order valence-electron chi connectivity index (χ3n) is 3.74. The van der Waals surface area contributed by atoms with Crippen LogP contribution in [0.2, 0.25) is 0 Å². The van der Waals surface area contributed by atoms with Crippen molar-refractivity contribution in [3.8, 4) is 11.3 Å². The van der Waals surface area contributed by atoms with Gasteiger partial charge in [0.2, 0.25) is 0 Å². The molecular weight excluding hydrogens is 328 g/mol. The number of carbonyl (C=O) groups excluding carboxylic acids is 1. The predicted molar refractivity (Wildman–Crippen MR) is 87.7 cm³/mol. The van der Waals surface area contributed by atoms with Crippen LogP contribution in [0, 0.1) is 11.6 Å². The third kappa shape index (κ3) is 3.56. The Morgan fingerprint density at radius 2 is 1.80 bits per heavy atom. The van der Waals surface area contributed by atoms with Crippen molar-refractivity contribution in [2.45, 2.75) is 6.10 Å². The lowest BCUT2D eigenvalue weighted by atomic mass is 10.1. The van der Waals surface area contributed by atoms with E-state index in [9.17, 15) is 18.7 Å². The number of halogens is 2. The molecule has 0 aliphatic carbocycles. The zero-order valence-electron chi connectivity index (χ0n) is 13.0. The van der Waals surface area contributed by atoms with E-state index in [0.717, 1.165) is 17.7 Å². The summed E-state index contributed by atoms with van der Waals surface area (Å²) in [6.07, 6.45) is -0.148. The van der Waals surface area contributed by atoms with Crippen molar-refractivity contribution in [3.05, 3.63) is 77.5 Å². The van der Waals surface area contributed by atoms with E-state index < -0.39 is 29.2 Å². The minimum Gasteiger partial charge on any atom is -0.386 e. The maximum absolute atomic E-state index is 13.7. The van der Waals surface area contributed by atoms with Gasteiger partial charge in [-0.2, -0.15) is 5.10 Å². The lowest BCUT2D eigenvalue weighted by molar-refractivity contribution is 0.0912. The van der Waals surface area contributed by atoms with Gasteiger partial charge in [0.05, 0.1) is 23.0 Å². The second-order valence-electron chi connectivity index (χ2n) is 5.39. The Balaban J connectivity index is 1.73. The van der Waals surface area contributed by atoms with E-state index >= 15 is 0 Å². The highest BCUT2D eigenvalue weighted by atomic mass is 19.1. The molecular formula is C18H15F2N3O2. The predicted octanol–water partition coefficient (Wildman–Crippen LogP) is 2.82. The monoisotopic (exact) mass is 343 g/mol. The van der Waals surface area contributed by atoms with E-state index in [1.165, 1.54) is 12.3 Å². The Kier molecular flexibility index (Phi) is 4.85. The van der Waals surface area contributed by atoms with Crippen LogP contribution < -0.4 is 5.32 Å². The number of carbonyl (C=O) groups is 1. The Labute approximate surface area is 142 Å². The van der Waals surface area contributed by atoms with Gasteiger partial charge in [0.15, 0.2) is 0 Å². The van der Waals surface area contributed by atoms with Crippen molar-refractivity contribution in [2.75, 3.05) is 6.54 Å². The highest BCUT2D eigenvalue weighted by Gasteiger charge is 2.20. The van der Waals surface area contributed by atoms with E-state index in [4.69, 9.17) is 0 Å². The fourth-order valence-electron chi connectivity index (χ4n) is 2.50. The van der Waals surface area contributed by atoms with E-state index in [-0.39, 0.29) is 12.1 Å². The Morgan fingerprint density at radius 3 is 2.48 bits per heavy atom. The number of nitrogens with one attached hydrogen (secondary N) is 2. The number of hydrogen-bond acceptors (Lipinski definition) is 3. The highest BCUT2D eigenvalue weighted by molar-refractivity contribution is 5.99. The molecule has 25 heavy (non-hydrogen) atoms. The minimum absolute atomic E-state index is 0.271. The SMILES string of the molecule is O=C(NCC(O)c1c(F)cccc1F)c1cn[nH]c1-c1ccccc1. The number of rotatable bonds is 5. The first kappa shape index (κ1) is 16.8. The molecule has 3 rings (SSSR count). The largest absolute Gasteiger partial charge is 0.386 e. The van der Waals surface area contributed by atoms with Gasteiger partial charge >= 0.3 is 0 Å². The van der Waals surface area contributed by atoms with E-state index in [1.54, 1.807) is 0 Å². The van der Waals surface area contributed by atoms with Crippen LogP contribution in [0.3, 0.4) is 0 Å². The van der Waals surface area contributed by atoms with Gasteiger partial charge in [-0.15, -0.1) is 0 Å². The zero-order valence-corrected chi connectivity index (χ0v) is 13.0. The fourth-order valence-corrected chi connectivity index (χ4v) is 2.50. The average molecular weight is 343 g/mol. The number of aliphatic hydroxyl groups excluding tert-OH is 1.